The molecule has 0 radical (unpaired) electrons. The number of hydrogen-bond donors (Lipinski definition) is 0. The van der Waals surface area contributed by atoms with Crippen LogP contribution in [0.5, 0.6) is 0 Å². The summed E-state index contributed by atoms with van der Waals surface area (Å²) < 4.78 is 5.87. The predicted molar refractivity (Wildman–Crippen MR) is 48.7 cm³/mol. The summed E-state index contributed by atoms with van der Waals surface area (Å²) >= 11 is 0. The first-order valence-electron chi connectivity index (χ1n) is 3.54. The van der Waals surface area contributed by atoms with Gasteiger partial charge in [0.15, 0.2) is 11.4 Å². The number of aromatic nitrogens is 2. The van der Waals surface area contributed by atoms with Crippen molar-refractivity contribution in [3.63, 3.8) is 0 Å². The van der Waals surface area contributed by atoms with Gasteiger partial charge in [-0.1, -0.05) is 0 Å². The topological polar surface area (TPSA) is 73.6 Å². The summed E-state index contributed by atoms with van der Waals surface area (Å²) in [6, 6.07) is 0. The Morgan fingerprint density at radius 1 is 1.85 bits per heavy atom. The van der Waals surface area contributed by atoms with Gasteiger partial charge in [-0.2, -0.15) is 5.10 Å². The van der Waals surface area contributed by atoms with E-state index in [-0.39, 0.29) is 18.0 Å². The summed E-state index contributed by atoms with van der Waals surface area (Å²) in [6.07, 6.45) is 1.20. The molecule has 13 heavy (non-hydrogen) atoms. The molecule has 0 saturated carbocycles. The fraction of sp³-hybridized carbons (Fsp3) is 0.333. The van der Waals surface area contributed by atoms with Crippen molar-refractivity contribution in [2.24, 2.45) is 5.18 Å². The highest BCUT2D eigenvalue weighted by molar-refractivity contribution is 7.14. The molecule has 1 aromatic rings. The largest absolute Gasteiger partial charge is 0.461 e. The number of rotatable bonds is 3. The van der Waals surface area contributed by atoms with Crippen molar-refractivity contribution >= 4 is 21.0 Å². The Morgan fingerprint density at radius 3 is 3.08 bits per heavy atom. The molecule has 1 heterocycles. The van der Waals surface area contributed by atoms with Crippen LogP contribution in [-0.4, -0.2) is 22.1 Å². The number of nitroso groups, excluding NO2 is 1. The van der Waals surface area contributed by atoms with Gasteiger partial charge in [0.2, 0.25) is 0 Å². The lowest BCUT2D eigenvalue weighted by atomic mass is 10.4. The third kappa shape index (κ3) is 1.89. The van der Waals surface area contributed by atoms with E-state index in [4.69, 9.17) is 4.74 Å². The maximum absolute atomic E-state index is 11.2. The van der Waals surface area contributed by atoms with Crippen LogP contribution in [-0.2, 0) is 4.74 Å². The zero-order valence-electron chi connectivity index (χ0n) is 6.93. The molecule has 0 aliphatic heterocycles. The molecule has 0 saturated heterocycles. The molecule has 1 rings (SSSR count). The smallest absolute Gasteiger partial charge is 0.359 e. The molecule has 0 amide bonds. The van der Waals surface area contributed by atoms with Gasteiger partial charge in [0.25, 0.3) is 0 Å². The SMILES string of the molecule is CCOC(=O)c1c(N=O)cnn1P. The molecule has 0 bridgehead atoms. The van der Waals surface area contributed by atoms with E-state index in [1.54, 1.807) is 6.92 Å². The van der Waals surface area contributed by atoms with Gasteiger partial charge < -0.3 is 4.74 Å². The molecule has 70 valence electrons. The quantitative estimate of drug-likeness (QED) is 0.417. The number of hydrogen-bond acceptors (Lipinski definition) is 5. The number of carbonyl (C=O) groups excluding carboxylic acids is 1. The lowest BCUT2D eigenvalue weighted by Gasteiger charge is -2.00. The Morgan fingerprint density at radius 2 is 2.54 bits per heavy atom. The summed E-state index contributed by atoms with van der Waals surface area (Å²) in [7, 11) is 2.16. The van der Waals surface area contributed by atoms with Gasteiger partial charge in [-0.05, 0) is 21.5 Å². The number of nitrogens with zero attached hydrogens (tertiary/aromatic N) is 3. The molecule has 0 aromatic carbocycles. The van der Waals surface area contributed by atoms with Gasteiger partial charge in [-0.15, -0.1) is 4.91 Å². The fourth-order valence-electron chi connectivity index (χ4n) is 0.817. The maximum Gasteiger partial charge on any atom is 0.359 e. The lowest BCUT2D eigenvalue weighted by molar-refractivity contribution is 0.0519. The Labute approximate surface area is 76.5 Å². The minimum absolute atomic E-state index is 0.0200. The zero-order valence-corrected chi connectivity index (χ0v) is 8.08. The maximum atomic E-state index is 11.2. The van der Waals surface area contributed by atoms with Gasteiger partial charge >= 0.3 is 5.97 Å². The standard InChI is InChI=1S/C6H8N3O3P/c1-2-12-6(10)5-4(8-11)3-7-9(5)13/h3H,2,13H2,1H3. The number of esters is 1. The van der Waals surface area contributed by atoms with Crippen molar-refractivity contribution in [2.45, 2.75) is 6.92 Å². The van der Waals surface area contributed by atoms with Crippen molar-refractivity contribution in [1.29, 1.82) is 0 Å². The Hall–Kier alpha value is -1.29. The molecule has 0 fully saturated rings. The van der Waals surface area contributed by atoms with Crippen LogP contribution < -0.4 is 0 Å². The van der Waals surface area contributed by atoms with Crippen LogP contribution in [0, 0.1) is 4.91 Å². The first kappa shape index (κ1) is 9.80. The Bertz CT molecular complexity index is 336. The minimum atomic E-state index is -0.607. The number of ether oxygens (including phenoxy) is 1. The van der Waals surface area contributed by atoms with Crippen molar-refractivity contribution in [1.82, 2.24) is 9.55 Å². The van der Waals surface area contributed by atoms with Crippen LogP contribution in [0.15, 0.2) is 11.4 Å². The van der Waals surface area contributed by atoms with Crippen LogP contribution in [0.4, 0.5) is 5.69 Å². The van der Waals surface area contributed by atoms with Gasteiger partial charge in [0, 0.05) is 0 Å². The van der Waals surface area contributed by atoms with Crippen molar-refractivity contribution in [3.05, 3.63) is 16.8 Å². The van der Waals surface area contributed by atoms with Crippen molar-refractivity contribution in [3.8, 4) is 0 Å². The second-order valence-corrected chi connectivity index (χ2v) is 2.62. The molecule has 0 N–H and O–H groups in total. The molecule has 7 heteroatoms. The van der Waals surface area contributed by atoms with E-state index in [1.165, 1.54) is 10.6 Å². The van der Waals surface area contributed by atoms with Gasteiger partial charge in [0.05, 0.1) is 12.8 Å². The first-order chi connectivity index (χ1) is 6.20. The molecule has 0 aliphatic carbocycles. The van der Waals surface area contributed by atoms with Crippen LogP contribution >= 0.6 is 9.39 Å². The summed E-state index contributed by atoms with van der Waals surface area (Å²) in [5.74, 6) is -0.607. The molecule has 0 aliphatic rings. The van der Waals surface area contributed by atoms with E-state index < -0.39 is 5.97 Å². The average Bonchev–Trinajstić information content (AvgIpc) is 2.47. The van der Waals surface area contributed by atoms with Gasteiger partial charge in [-0.3, -0.25) is 0 Å². The second kappa shape index (κ2) is 4.09. The normalized spacial score (nSPS) is 9.69. The average molecular weight is 201 g/mol. The minimum Gasteiger partial charge on any atom is -0.461 e. The molecule has 1 atom stereocenters. The van der Waals surface area contributed by atoms with Crippen molar-refractivity contribution in [2.75, 3.05) is 6.61 Å². The zero-order chi connectivity index (χ0) is 9.84. The molecule has 0 spiro atoms. The molecular weight excluding hydrogens is 193 g/mol. The number of carbonyl (C=O) groups is 1. The van der Waals surface area contributed by atoms with Gasteiger partial charge in [0.1, 0.15) is 0 Å². The Balaban J connectivity index is 3.03. The second-order valence-electron chi connectivity index (χ2n) is 2.13. The van der Waals surface area contributed by atoms with E-state index in [1.807, 2.05) is 0 Å². The highest BCUT2D eigenvalue weighted by Crippen LogP contribution is 2.20. The third-order valence-corrected chi connectivity index (χ3v) is 1.73. The molecule has 1 unspecified atom stereocenters. The highest BCUT2D eigenvalue weighted by atomic mass is 31.0. The van der Waals surface area contributed by atoms with E-state index in [9.17, 15) is 9.70 Å². The molecule has 1 aromatic heterocycles. The van der Waals surface area contributed by atoms with Gasteiger partial charge in [-0.25, -0.2) is 9.25 Å². The summed E-state index contributed by atoms with van der Waals surface area (Å²) in [4.78, 5) is 21.4. The Kier molecular flexibility index (Phi) is 3.08. The van der Waals surface area contributed by atoms with E-state index in [0.29, 0.717) is 0 Å². The van der Waals surface area contributed by atoms with Crippen LogP contribution in [0.2, 0.25) is 0 Å². The highest BCUT2D eigenvalue weighted by Gasteiger charge is 2.18. The first-order valence-corrected chi connectivity index (χ1v) is 4.06. The van der Waals surface area contributed by atoms with Crippen LogP contribution in [0.1, 0.15) is 17.4 Å². The van der Waals surface area contributed by atoms with E-state index in [0.717, 1.165) is 0 Å². The fourth-order valence-corrected chi connectivity index (χ4v) is 1.12. The van der Waals surface area contributed by atoms with E-state index in [2.05, 4.69) is 19.7 Å². The predicted octanol–water partition coefficient (Wildman–Crippen LogP) is 1.10. The van der Waals surface area contributed by atoms with Crippen LogP contribution in [0.3, 0.4) is 0 Å². The summed E-state index contributed by atoms with van der Waals surface area (Å²) in [6.45, 7) is 1.92. The molecular formula is C6H8N3O3P. The third-order valence-electron chi connectivity index (χ3n) is 1.34. The monoisotopic (exact) mass is 201 g/mol. The van der Waals surface area contributed by atoms with Crippen LogP contribution in [0.25, 0.3) is 0 Å². The summed E-state index contributed by atoms with van der Waals surface area (Å²) in [5, 5.41) is 6.32. The van der Waals surface area contributed by atoms with E-state index >= 15 is 0 Å². The molecule has 6 nitrogen and oxygen atoms in total. The summed E-state index contributed by atoms with van der Waals surface area (Å²) in [5.41, 5.74) is 0.0234. The lowest BCUT2D eigenvalue weighted by Crippen LogP contribution is -2.08. The van der Waals surface area contributed by atoms with Crippen molar-refractivity contribution < 1.29 is 9.53 Å².